The molecule has 1 aromatic heterocycles. The molecule has 0 aliphatic rings. The van der Waals surface area contributed by atoms with E-state index < -0.39 is 0 Å². The molecule has 1 N–H and O–H groups in total. The zero-order chi connectivity index (χ0) is 20.5. The van der Waals surface area contributed by atoms with E-state index in [2.05, 4.69) is 27.0 Å². The van der Waals surface area contributed by atoms with Gasteiger partial charge < -0.3 is 19.4 Å². The Labute approximate surface area is 171 Å². The molecular formula is C23H27N3O3. The van der Waals surface area contributed by atoms with Gasteiger partial charge in [0, 0.05) is 37.5 Å². The molecule has 0 saturated heterocycles. The number of amides is 1. The Morgan fingerprint density at radius 2 is 1.79 bits per heavy atom. The summed E-state index contributed by atoms with van der Waals surface area (Å²) in [6, 6.07) is 15.5. The monoisotopic (exact) mass is 393 g/mol. The van der Waals surface area contributed by atoms with Gasteiger partial charge in [-0.25, -0.2) is 4.98 Å². The van der Waals surface area contributed by atoms with E-state index in [-0.39, 0.29) is 5.91 Å². The number of rotatable bonds is 10. The molecule has 0 unspecified atom stereocenters. The van der Waals surface area contributed by atoms with Crippen molar-refractivity contribution in [3.05, 3.63) is 77.9 Å². The standard InChI is InChI=1S/C23H27N3O3/c1-3-28-20-11-10-19(16-21(20)29-4-2)23(27)25-13-12-22-24-14-15-26(22)17-18-8-6-5-7-9-18/h5-11,14-16H,3-4,12-13,17H2,1-2H3,(H,25,27). The van der Waals surface area contributed by atoms with Gasteiger partial charge in [-0.1, -0.05) is 30.3 Å². The molecule has 0 fully saturated rings. The third-order valence-corrected chi connectivity index (χ3v) is 4.44. The second kappa shape index (κ2) is 10.3. The summed E-state index contributed by atoms with van der Waals surface area (Å²) in [7, 11) is 0. The molecule has 0 spiro atoms. The van der Waals surface area contributed by atoms with Crippen molar-refractivity contribution in [2.45, 2.75) is 26.8 Å². The third kappa shape index (κ3) is 5.60. The van der Waals surface area contributed by atoms with Crippen LogP contribution in [0.25, 0.3) is 0 Å². The lowest BCUT2D eigenvalue weighted by atomic mass is 10.2. The van der Waals surface area contributed by atoms with Gasteiger partial charge in [-0.15, -0.1) is 0 Å². The van der Waals surface area contributed by atoms with Crippen LogP contribution in [-0.4, -0.2) is 35.2 Å². The first-order valence-corrected chi connectivity index (χ1v) is 9.93. The first-order valence-electron chi connectivity index (χ1n) is 9.93. The molecule has 29 heavy (non-hydrogen) atoms. The van der Waals surface area contributed by atoms with Crippen molar-refractivity contribution in [2.24, 2.45) is 0 Å². The van der Waals surface area contributed by atoms with Crippen molar-refractivity contribution in [3.8, 4) is 11.5 Å². The number of nitrogens with one attached hydrogen (secondary N) is 1. The van der Waals surface area contributed by atoms with Crippen molar-refractivity contribution < 1.29 is 14.3 Å². The fraction of sp³-hybridized carbons (Fsp3) is 0.304. The van der Waals surface area contributed by atoms with Gasteiger partial charge in [0.1, 0.15) is 5.82 Å². The maximum absolute atomic E-state index is 12.5. The fourth-order valence-electron chi connectivity index (χ4n) is 3.07. The smallest absolute Gasteiger partial charge is 0.251 e. The molecule has 1 heterocycles. The number of benzene rings is 2. The summed E-state index contributed by atoms with van der Waals surface area (Å²) >= 11 is 0. The van der Waals surface area contributed by atoms with Gasteiger partial charge in [-0.3, -0.25) is 4.79 Å². The van der Waals surface area contributed by atoms with E-state index >= 15 is 0 Å². The highest BCUT2D eigenvalue weighted by atomic mass is 16.5. The second-order valence-corrected chi connectivity index (χ2v) is 6.49. The quantitative estimate of drug-likeness (QED) is 0.570. The van der Waals surface area contributed by atoms with E-state index in [0.29, 0.717) is 43.2 Å². The number of carbonyl (C=O) groups excluding carboxylic acids is 1. The van der Waals surface area contributed by atoms with Crippen LogP contribution in [0.5, 0.6) is 11.5 Å². The van der Waals surface area contributed by atoms with Crippen LogP contribution < -0.4 is 14.8 Å². The van der Waals surface area contributed by atoms with Crippen molar-refractivity contribution in [1.82, 2.24) is 14.9 Å². The minimum Gasteiger partial charge on any atom is -0.490 e. The number of ether oxygens (including phenoxy) is 2. The first-order chi connectivity index (χ1) is 14.2. The van der Waals surface area contributed by atoms with E-state index in [4.69, 9.17) is 9.47 Å². The van der Waals surface area contributed by atoms with Crippen molar-refractivity contribution in [2.75, 3.05) is 19.8 Å². The number of aromatic nitrogens is 2. The molecule has 0 aliphatic carbocycles. The average molecular weight is 393 g/mol. The summed E-state index contributed by atoms with van der Waals surface area (Å²) in [6.07, 6.45) is 4.41. The molecule has 0 saturated carbocycles. The number of carbonyl (C=O) groups is 1. The molecule has 1 amide bonds. The Bertz CT molecular complexity index is 922. The number of hydrogen-bond acceptors (Lipinski definition) is 4. The summed E-state index contributed by atoms with van der Waals surface area (Å²) in [6.45, 7) is 6.14. The van der Waals surface area contributed by atoms with Gasteiger partial charge in [-0.05, 0) is 37.6 Å². The van der Waals surface area contributed by atoms with Gasteiger partial charge in [-0.2, -0.15) is 0 Å². The largest absolute Gasteiger partial charge is 0.490 e. The Kier molecular flexibility index (Phi) is 7.28. The molecule has 2 aromatic carbocycles. The molecular weight excluding hydrogens is 366 g/mol. The number of hydrogen-bond donors (Lipinski definition) is 1. The topological polar surface area (TPSA) is 65.4 Å². The summed E-state index contributed by atoms with van der Waals surface area (Å²) < 4.78 is 13.2. The van der Waals surface area contributed by atoms with Crippen LogP contribution >= 0.6 is 0 Å². The minimum atomic E-state index is -0.143. The molecule has 3 rings (SSSR count). The molecule has 0 aliphatic heterocycles. The summed E-state index contributed by atoms with van der Waals surface area (Å²) in [4.78, 5) is 17.0. The Morgan fingerprint density at radius 1 is 1.03 bits per heavy atom. The maximum atomic E-state index is 12.5. The van der Waals surface area contributed by atoms with Crippen molar-refractivity contribution >= 4 is 5.91 Å². The number of imidazole rings is 1. The normalized spacial score (nSPS) is 10.6. The van der Waals surface area contributed by atoms with E-state index in [9.17, 15) is 4.79 Å². The van der Waals surface area contributed by atoms with Crippen LogP contribution in [0.3, 0.4) is 0 Å². The van der Waals surface area contributed by atoms with Crippen LogP contribution in [0, 0.1) is 0 Å². The zero-order valence-corrected chi connectivity index (χ0v) is 16.9. The third-order valence-electron chi connectivity index (χ3n) is 4.44. The van der Waals surface area contributed by atoms with Crippen LogP contribution in [0.2, 0.25) is 0 Å². The summed E-state index contributed by atoms with van der Waals surface area (Å²) in [5, 5.41) is 2.96. The summed E-state index contributed by atoms with van der Waals surface area (Å²) in [5.74, 6) is 2.03. The molecule has 0 atom stereocenters. The molecule has 152 valence electrons. The predicted octanol–water partition coefficient (Wildman–Crippen LogP) is 3.70. The van der Waals surface area contributed by atoms with E-state index in [1.54, 1.807) is 24.4 Å². The maximum Gasteiger partial charge on any atom is 0.251 e. The minimum absolute atomic E-state index is 0.143. The van der Waals surface area contributed by atoms with Crippen molar-refractivity contribution in [1.29, 1.82) is 0 Å². The van der Waals surface area contributed by atoms with Crippen molar-refractivity contribution in [3.63, 3.8) is 0 Å². The molecule has 6 heteroatoms. The lowest BCUT2D eigenvalue weighted by molar-refractivity contribution is 0.0953. The average Bonchev–Trinajstić information content (AvgIpc) is 3.17. The lowest BCUT2D eigenvalue weighted by Gasteiger charge is -2.13. The van der Waals surface area contributed by atoms with Crippen LogP contribution in [0.4, 0.5) is 0 Å². The highest BCUT2D eigenvalue weighted by molar-refractivity contribution is 5.94. The van der Waals surface area contributed by atoms with Crippen LogP contribution in [0.15, 0.2) is 60.9 Å². The highest BCUT2D eigenvalue weighted by Gasteiger charge is 2.12. The first kappa shape index (κ1) is 20.5. The molecule has 0 bridgehead atoms. The Hall–Kier alpha value is -3.28. The lowest BCUT2D eigenvalue weighted by Crippen LogP contribution is -2.26. The highest BCUT2D eigenvalue weighted by Crippen LogP contribution is 2.28. The Balaban J connectivity index is 1.58. The van der Waals surface area contributed by atoms with E-state index in [1.165, 1.54) is 5.56 Å². The van der Waals surface area contributed by atoms with Crippen LogP contribution in [-0.2, 0) is 13.0 Å². The Morgan fingerprint density at radius 3 is 2.55 bits per heavy atom. The summed E-state index contributed by atoms with van der Waals surface area (Å²) in [5.41, 5.74) is 1.76. The second-order valence-electron chi connectivity index (χ2n) is 6.49. The fourth-order valence-corrected chi connectivity index (χ4v) is 3.07. The molecule has 6 nitrogen and oxygen atoms in total. The van der Waals surface area contributed by atoms with Crippen LogP contribution in [0.1, 0.15) is 35.6 Å². The van der Waals surface area contributed by atoms with E-state index in [0.717, 1.165) is 12.4 Å². The van der Waals surface area contributed by atoms with Gasteiger partial charge in [0.2, 0.25) is 0 Å². The van der Waals surface area contributed by atoms with Gasteiger partial charge in [0.15, 0.2) is 11.5 Å². The molecule has 0 radical (unpaired) electrons. The van der Waals surface area contributed by atoms with E-state index in [1.807, 2.05) is 38.2 Å². The SMILES string of the molecule is CCOc1ccc(C(=O)NCCc2nccn2Cc2ccccc2)cc1OCC. The van der Waals surface area contributed by atoms with Gasteiger partial charge >= 0.3 is 0 Å². The van der Waals surface area contributed by atoms with Gasteiger partial charge in [0.05, 0.1) is 13.2 Å². The molecule has 3 aromatic rings. The number of nitrogens with zero attached hydrogens (tertiary/aromatic N) is 2. The predicted molar refractivity (Wildman–Crippen MR) is 113 cm³/mol. The zero-order valence-electron chi connectivity index (χ0n) is 16.9. The van der Waals surface area contributed by atoms with Gasteiger partial charge in [0.25, 0.3) is 5.91 Å².